The average molecular weight is 368 g/mol. The highest BCUT2D eigenvalue weighted by molar-refractivity contribution is 6.12. The minimum Gasteiger partial charge on any atom is -0.449 e. The zero-order valence-electron chi connectivity index (χ0n) is 15.2. The van der Waals surface area contributed by atoms with E-state index in [1.807, 2.05) is 13.8 Å². The Morgan fingerprint density at radius 2 is 2.04 bits per heavy atom. The number of anilines is 1. The molecule has 0 radical (unpaired) electrons. The first kappa shape index (κ1) is 18.6. The molecule has 2 aromatic carbocycles. The normalized spacial score (nSPS) is 15.9. The summed E-state index contributed by atoms with van der Waals surface area (Å²) in [6, 6.07) is 12.9. The summed E-state index contributed by atoms with van der Waals surface area (Å²) in [5.41, 5.74) is 1.03. The number of amides is 2. The lowest BCUT2D eigenvalue weighted by atomic mass is 10.1. The van der Waals surface area contributed by atoms with Crippen molar-refractivity contribution in [2.75, 3.05) is 11.4 Å². The van der Waals surface area contributed by atoms with Gasteiger partial charge in [-0.25, -0.2) is 4.39 Å². The predicted octanol–water partition coefficient (Wildman–Crippen LogP) is 3.51. The molecule has 1 aliphatic rings. The van der Waals surface area contributed by atoms with Crippen LogP contribution in [0.5, 0.6) is 5.75 Å². The Bertz CT molecular complexity index is 895. The molecule has 140 valence electrons. The van der Waals surface area contributed by atoms with E-state index in [1.54, 1.807) is 36.4 Å². The number of halogens is 1. The number of carbonyl (C=O) groups is 2. The number of fused-ring (bicyclic) bond motifs is 1. The summed E-state index contributed by atoms with van der Waals surface area (Å²) in [6.07, 6.45) is 2.27. The van der Waals surface area contributed by atoms with Crippen molar-refractivity contribution in [1.29, 1.82) is 0 Å². The Morgan fingerprint density at radius 3 is 2.78 bits per heavy atom. The van der Waals surface area contributed by atoms with Crippen LogP contribution in [0.1, 0.15) is 25.8 Å². The Morgan fingerprint density at radius 1 is 1.26 bits per heavy atom. The topological polar surface area (TPSA) is 58.6 Å². The van der Waals surface area contributed by atoms with Gasteiger partial charge in [0.1, 0.15) is 12.4 Å². The van der Waals surface area contributed by atoms with Gasteiger partial charge in [-0.1, -0.05) is 31.2 Å². The summed E-state index contributed by atoms with van der Waals surface area (Å²) < 4.78 is 19.2. The van der Waals surface area contributed by atoms with E-state index in [2.05, 4.69) is 5.32 Å². The maximum atomic E-state index is 13.4. The predicted molar refractivity (Wildman–Crippen MR) is 102 cm³/mol. The van der Waals surface area contributed by atoms with E-state index < -0.39 is 11.7 Å². The third kappa shape index (κ3) is 4.34. The van der Waals surface area contributed by atoms with Crippen LogP contribution in [0.4, 0.5) is 10.1 Å². The molecule has 27 heavy (non-hydrogen) atoms. The second-order valence-electron chi connectivity index (χ2n) is 6.40. The molecule has 0 spiro atoms. The van der Waals surface area contributed by atoms with E-state index in [1.165, 1.54) is 23.1 Å². The van der Waals surface area contributed by atoms with Crippen molar-refractivity contribution in [3.8, 4) is 5.75 Å². The molecule has 1 aliphatic heterocycles. The Hall–Kier alpha value is -3.15. The maximum absolute atomic E-state index is 13.4. The second-order valence-corrected chi connectivity index (χ2v) is 6.40. The van der Waals surface area contributed by atoms with Gasteiger partial charge < -0.3 is 10.1 Å². The van der Waals surface area contributed by atoms with Gasteiger partial charge in [-0.3, -0.25) is 14.5 Å². The molecule has 0 saturated carbocycles. The fraction of sp³-hybridized carbons (Fsp3) is 0.238. The minimum absolute atomic E-state index is 0.0196. The SMILES string of the molecule is CCC(C)NC(=O)CN1C(=O)/C(=C\c2cccc(F)c2)Oc2ccccc21. The van der Waals surface area contributed by atoms with Gasteiger partial charge in [0.2, 0.25) is 5.91 Å². The summed E-state index contributed by atoms with van der Waals surface area (Å²) in [5.74, 6) is -0.596. The van der Waals surface area contributed by atoms with Gasteiger partial charge in [-0.2, -0.15) is 0 Å². The van der Waals surface area contributed by atoms with Crippen molar-refractivity contribution in [1.82, 2.24) is 5.32 Å². The summed E-state index contributed by atoms with van der Waals surface area (Å²) in [4.78, 5) is 26.6. The van der Waals surface area contributed by atoms with E-state index in [0.29, 0.717) is 17.0 Å². The van der Waals surface area contributed by atoms with Crippen LogP contribution in [-0.2, 0) is 9.59 Å². The molecule has 0 aromatic heterocycles. The largest absolute Gasteiger partial charge is 0.449 e. The number of nitrogens with zero attached hydrogens (tertiary/aromatic N) is 1. The molecular weight excluding hydrogens is 347 g/mol. The fourth-order valence-corrected chi connectivity index (χ4v) is 2.73. The zero-order chi connectivity index (χ0) is 19.4. The highest BCUT2D eigenvalue weighted by Crippen LogP contribution is 2.35. The van der Waals surface area contributed by atoms with Gasteiger partial charge in [-0.15, -0.1) is 0 Å². The number of hydrogen-bond donors (Lipinski definition) is 1. The molecule has 1 heterocycles. The summed E-state index contributed by atoms with van der Waals surface area (Å²) in [7, 11) is 0. The Kier molecular flexibility index (Phi) is 5.54. The number of benzene rings is 2. The number of nitrogens with one attached hydrogen (secondary N) is 1. The van der Waals surface area contributed by atoms with Crippen molar-refractivity contribution >= 4 is 23.6 Å². The number of para-hydroxylation sites is 2. The Balaban J connectivity index is 1.92. The van der Waals surface area contributed by atoms with Crippen LogP contribution in [-0.4, -0.2) is 24.4 Å². The molecule has 1 atom stereocenters. The van der Waals surface area contributed by atoms with Crippen LogP contribution in [0.3, 0.4) is 0 Å². The standard InChI is InChI=1S/C21H21FN2O3/c1-3-14(2)23-20(25)13-24-17-9-4-5-10-18(17)27-19(21(24)26)12-15-7-6-8-16(22)11-15/h4-12,14H,3,13H2,1-2H3,(H,23,25)/b19-12+. The van der Waals surface area contributed by atoms with Gasteiger partial charge in [-0.05, 0) is 49.2 Å². The lowest BCUT2D eigenvalue weighted by Crippen LogP contribution is -2.46. The number of carbonyl (C=O) groups excluding carboxylic acids is 2. The van der Waals surface area contributed by atoms with Crippen LogP contribution in [0.25, 0.3) is 6.08 Å². The average Bonchev–Trinajstić information content (AvgIpc) is 2.65. The maximum Gasteiger partial charge on any atom is 0.294 e. The molecule has 2 amide bonds. The van der Waals surface area contributed by atoms with Crippen LogP contribution in [0.15, 0.2) is 54.3 Å². The van der Waals surface area contributed by atoms with Gasteiger partial charge >= 0.3 is 0 Å². The second kappa shape index (κ2) is 8.03. The third-order valence-electron chi connectivity index (χ3n) is 4.30. The number of rotatable bonds is 5. The van der Waals surface area contributed by atoms with E-state index >= 15 is 0 Å². The first-order chi connectivity index (χ1) is 13.0. The number of ether oxygens (including phenoxy) is 1. The molecule has 2 aromatic rings. The van der Waals surface area contributed by atoms with Crippen molar-refractivity contribution in [3.05, 3.63) is 65.7 Å². The summed E-state index contributed by atoms with van der Waals surface area (Å²) in [6.45, 7) is 3.76. The highest BCUT2D eigenvalue weighted by Gasteiger charge is 2.31. The molecule has 1 unspecified atom stereocenters. The molecular formula is C21H21FN2O3. The van der Waals surface area contributed by atoms with Crippen LogP contribution in [0.2, 0.25) is 0 Å². The Labute approximate surface area is 157 Å². The van der Waals surface area contributed by atoms with Crippen molar-refractivity contribution < 1.29 is 18.7 Å². The van der Waals surface area contributed by atoms with Crippen LogP contribution in [0, 0.1) is 5.82 Å². The summed E-state index contributed by atoms with van der Waals surface area (Å²) >= 11 is 0. The lowest BCUT2D eigenvalue weighted by Gasteiger charge is -2.30. The zero-order valence-corrected chi connectivity index (χ0v) is 15.2. The smallest absolute Gasteiger partial charge is 0.294 e. The lowest BCUT2D eigenvalue weighted by molar-refractivity contribution is -0.123. The molecule has 5 nitrogen and oxygen atoms in total. The fourth-order valence-electron chi connectivity index (χ4n) is 2.73. The van der Waals surface area contributed by atoms with E-state index in [9.17, 15) is 14.0 Å². The minimum atomic E-state index is -0.447. The highest BCUT2D eigenvalue weighted by atomic mass is 19.1. The monoisotopic (exact) mass is 368 g/mol. The van der Waals surface area contributed by atoms with E-state index in [4.69, 9.17) is 4.74 Å². The van der Waals surface area contributed by atoms with Crippen molar-refractivity contribution in [2.24, 2.45) is 0 Å². The molecule has 0 aliphatic carbocycles. The van der Waals surface area contributed by atoms with Crippen LogP contribution >= 0.6 is 0 Å². The van der Waals surface area contributed by atoms with E-state index in [0.717, 1.165) is 6.42 Å². The molecule has 0 fully saturated rings. The van der Waals surface area contributed by atoms with Gasteiger partial charge in [0.05, 0.1) is 5.69 Å². The van der Waals surface area contributed by atoms with Gasteiger partial charge in [0.15, 0.2) is 11.5 Å². The molecule has 6 heteroatoms. The van der Waals surface area contributed by atoms with Crippen LogP contribution < -0.4 is 15.0 Å². The van der Waals surface area contributed by atoms with Gasteiger partial charge in [0, 0.05) is 6.04 Å². The van der Waals surface area contributed by atoms with Crippen molar-refractivity contribution in [3.63, 3.8) is 0 Å². The van der Waals surface area contributed by atoms with Gasteiger partial charge in [0.25, 0.3) is 5.91 Å². The third-order valence-corrected chi connectivity index (χ3v) is 4.30. The quantitative estimate of drug-likeness (QED) is 0.822. The molecule has 0 saturated heterocycles. The molecule has 3 rings (SSSR count). The summed E-state index contributed by atoms with van der Waals surface area (Å²) in [5, 5.41) is 2.86. The first-order valence-corrected chi connectivity index (χ1v) is 8.83. The van der Waals surface area contributed by atoms with E-state index in [-0.39, 0.29) is 24.3 Å². The van der Waals surface area contributed by atoms with Crippen molar-refractivity contribution in [2.45, 2.75) is 26.3 Å². The molecule has 0 bridgehead atoms. The molecule has 1 N–H and O–H groups in total. The first-order valence-electron chi connectivity index (χ1n) is 8.83. The number of hydrogen-bond acceptors (Lipinski definition) is 3.